The van der Waals surface area contributed by atoms with Crippen LogP contribution in [0.5, 0.6) is 0 Å². The number of nitrogens with one attached hydrogen (secondary N) is 1. The van der Waals surface area contributed by atoms with Crippen molar-refractivity contribution in [2.24, 2.45) is 11.8 Å². The molecule has 0 atom stereocenters. The first-order valence-electron chi connectivity index (χ1n) is 7.30. The summed E-state index contributed by atoms with van der Waals surface area (Å²) in [5.74, 6) is 7.81. The maximum Gasteiger partial charge on any atom is 0.239 e. The summed E-state index contributed by atoms with van der Waals surface area (Å²) >= 11 is 0. The molecule has 1 aliphatic carbocycles. The molecule has 3 N–H and O–H groups in total. The summed E-state index contributed by atoms with van der Waals surface area (Å²) in [5.41, 5.74) is 3.51. The van der Waals surface area contributed by atoms with Crippen molar-refractivity contribution in [2.75, 3.05) is 23.4 Å². The van der Waals surface area contributed by atoms with E-state index in [1.54, 1.807) is 0 Å². The van der Waals surface area contributed by atoms with E-state index in [9.17, 15) is 0 Å². The van der Waals surface area contributed by atoms with Crippen molar-refractivity contribution in [2.45, 2.75) is 26.2 Å². The van der Waals surface area contributed by atoms with Crippen LogP contribution in [0.4, 0.5) is 11.8 Å². The van der Waals surface area contributed by atoms with Crippen LogP contribution in [0.25, 0.3) is 10.9 Å². The molecule has 0 radical (unpaired) electrons. The predicted octanol–water partition coefficient (Wildman–Crippen LogP) is 2.54. The van der Waals surface area contributed by atoms with Crippen molar-refractivity contribution in [3.63, 3.8) is 0 Å². The molecule has 0 unspecified atom stereocenters. The van der Waals surface area contributed by atoms with Gasteiger partial charge in [-0.15, -0.1) is 0 Å². The molecule has 1 heterocycles. The summed E-state index contributed by atoms with van der Waals surface area (Å²) in [6, 6.07) is 8.11. The molecule has 106 valence electrons. The van der Waals surface area contributed by atoms with Crippen LogP contribution in [-0.2, 0) is 0 Å². The lowest BCUT2D eigenvalue weighted by atomic mass is 10.2. The summed E-state index contributed by atoms with van der Waals surface area (Å²) in [5, 5.41) is 1.10. The van der Waals surface area contributed by atoms with Gasteiger partial charge in [-0.3, -0.25) is 5.43 Å². The Labute approximate surface area is 119 Å². The SMILES string of the molecule is CCCN(CC1CC1)c1nc(NN)nc2ccccc12. The second kappa shape index (κ2) is 5.63. The number of fused-ring (bicyclic) bond motifs is 1. The van der Waals surface area contributed by atoms with E-state index in [2.05, 4.69) is 33.3 Å². The van der Waals surface area contributed by atoms with Gasteiger partial charge in [0.2, 0.25) is 5.95 Å². The van der Waals surface area contributed by atoms with Crippen LogP contribution >= 0.6 is 0 Å². The second-order valence-corrected chi connectivity index (χ2v) is 5.42. The molecule has 1 aromatic heterocycles. The average molecular weight is 271 g/mol. The highest BCUT2D eigenvalue weighted by molar-refractivity contribution is 5.90. The molecule has 0 aliphatic heterocycles. The number of aromatic nitrogens is 2. The molecule has 1 aliphatic rings. The maximum atomic E-state index is 5.50. The Hall–Kier alpha value is -1.88. The van der Waals surface area contributed by atoms with Crippen LogP contribution in [0.1, 0.15) is 26.2 Å². The molecule has 0 amide bonds. The fourth-order valence-electron chi connectivity index (χ4n) is 2.53. The van der Waals surface area contributed by atoms with Crippen molar-refractivity contribution >= 4 is 22.7 Å². The van der Waals surface area contributed by atoms with E-state index in [0.29, 0.717) is 5.95 Å². The highest BCUT2D eigenvalue weighted by atomic mass is 15.3. The quantitative estimate of drug-likeness (QED) is 0.624. The standard InChI is InChI=1S/C15H21N5/c1-2-9-20(10-11-7-8-11)14-12-5-3-4-6-13(12)17-15(18-14)19-16/h3-6,11H,2,7-10,16H2,1H3,(H,17,18,19). The number of rotatable bonds is 6. The Morgan fingerprint density at radius 3 is 2.80 bits per heavy atom. The number of nitrogen functional groups attached to an aromatic ring is 1. The topological polar surface area (TPSA) is 67.1 Å². The Balaban J connectivity index is 2.05. The number of para-hydroxylation sites is 1. The van der Waals surface area contributed by atoms with Crippen molar-refractivity contribution < 1.29 is 0 Å². The molecule has 0 saturated heterocycles. The zero-order valence-corrected chi connectivity index (χ0v) is 11.8. The van der Waals surface area contributed by atoms with Gasteiger partial charge in [-0.25, -0.2) is 10.8 Å². The number of anilines is 2. The molecule has 3 rings (SSSR count). The van der Waals surface area contributed by atoms with E-state index in [1.165, 1.54) is 12.8 Å². The molecule has 1 aromatic carbocycles. The molecule has 0 bridgehead atoms. The Bertz CT molecular complexity index is 594. The molecular formula is C15H21N5. The van der Waals surface area contributed by atoms with Gasteiger partial charge in [-0.05, 0) is 37.3 Å². The first-order chi connectivity index (χ1) is 9.81. The number of hydrogen-bond acceptors (Lipinski definition) is 5. The Morgan fingerprint density at radius 1 is 1.30 bits per heavy atom. The Kier molecular flexibility index (Phi) is 3.69. The molecular weight excluding hydrogens is 250 g/mol. The zero-order chi connectivity index (χ0) is 13.9. The molecule has 5 nitrogen and oxygen atoms in total. The normalized spacial score (nSPS) is 14.5. The summed E-state index contributed by atoms with van der Waals surface area (Å²) in [6.07, 6.45) is 3.78. The van der Waals surface area contributed by atoms with E-state index in [0.717, 1.165) is 42.1 Å². The van der Waals surface area contributed by atoms with E-state index in [1.807, 2.05) is 18.2 Å². The lowest BCUT2D eigenvalue weighted by molar-refractivity contribution is 0.701. The monoisotopic (exact) mass is 271 g/mol. The van der Waals surface area contributed by atoms with Crippen LogP contribution in [0, 0.1) is 5.92 Å². The lowest BCUT2D eigenvalue weighted by Crippen LogP contribution is -2.28. The van der Waals surface area contributed by atoms with Crippen molar-refractivity contribution in [1.29, 1.82) is 0 Å². The molecule has 0 spiro atoms. The van der Waals surface area contributed by atoms with Crippen molar-refractivity contribution in [1.82, 2.24) is 9.97 Å². The van der Waals surface area contributed by atoms with Gasteiger partial charge in [0, 0.05) is 18.5 Å². The van der Waals surface area contributed by atoms with Gasteiger partial charge in [0.05, 0.1) is 5.52 Å². The smallest absolute Gasteiger partial charge is 0.239 e. The van der Waals surface area contributed by atoms with Gasteiger partial charge >= 0.3 is 0 Å². The molecule has 2 aromatic rings. The van der Waals surface area contributed by atoms with E-state index in [-0.39, 0.29) is 0 Å². The van der Waals surface area contributed by atoms with E-state index < -0.39 is 0 Å². The first-order valence-corrected chi connectivity index (χ1v) is 7.30. The van der Waals surface area contributed by atoms with Crippen LogP contribution in [-0.4, -0.2) is 23.1 Å². The average Bonchev–Trinajstić information content (AvgIpc) is 3.29. The van der Waals surface area contributed by atoms with Gasteiger partial charge in [0.15, 0.2) is 0 Å². The minimum absolute atomic E-state index is 0.482. The van der Waals surface area contributed by atoms with Gasteiger partial charge in [0.25, 0.3) is 0 Å². The highest BCUT2D eigenvalue weighted by Gasteiger charge is 2.25. The fraction of sp³-hybridized carbons (Fsp3) is 0.467. The van der Waals surface area contributed by atoms with Crippen LogP contribution < -0.4 is 16.2 Å². The van der Waals surface area contributed by atoms with Crippen LogP contribution in [0.3, 0.4) is 0 Å². The first kappa shape index (κ1) is 13.1. The molecule has 5 heteroatoms. The number of nitrogens with two attached hydrogens (primary N) is 1. The predicted molar refractivity (Wildman–Crippen MR) is 82.6 cm³/mol. The number of hydrazine groups is 1. The van der Waals surface area contributed by atoms with Crippen LogP contribution in [0.15, 0.2) is 24.3 Å². The number of hydrogen-bond donors (Lipinski definition) is 2. The number of benzene rings is 1. The van der Waals surface area contributed by atoms with Gasteiger partial charge in [0.1, 0.15) is 5.82 Å². The van der Waals surface area contributed by atoms with Crippen LogP contribution in [0.2, 0.25) is 0 Å². The molecule has 1 saturated carbocycles. The minimum Gasteiger partial charge on any atom is -0.356 e. The second-order valence-electron chi connectivity index (χ2n) is 5.42. The summed E-state index contributed by atoms with van der Waals surface area (Å²) in [6.45, 7) is 4.30. The third kappa shape index (κ3) is 2.67. The largest absolute Gasteiger partial charge is 0.356 e. The third-order valence-corrected chi connectivity index (χ3v) is 3.68. The van der Waals surface area contributed by atoms with E-state index >= 15 is 0 Å². The van der Waals surface area contributed by atoms with Crippen molar-refractivity contribution in [3.8, 4) is 0 Å². The summed E-state index contributed by atoms with van der Waals surface area (Å²) in [7, 11) is 0. The molecule has 1 fully saturated rings. The lowest BCUT2D eigenvalue weighted by Gasteiger charge is -2.24. The highest BCUT2D eigenvalue weighted by Crippen LogP contribution is 2.33. The summed E-state index contributed by atoms with van der Waals surface area (Å²) in [4.78, 5) is 11.4. The van der Waals surface area contributed by atoms with Crippen molar-refractivity contribution in [3.05, 3.63) is 24.3 Å². The fourth-order valence-corrected chi connectivity index (χ4v) is 2.53. The minimum atomic E-state index is 0.482. The van der Waals surface area contributed by atoms with Gasteiger partial charge in [-0.2, -0.15) is 4.98 Å². The number of nitrogens with zero attached hydrogens (tertiary/aromatic N) is 3. The zero-order valence-electron chi connectivity index (χ0n) is 11.8. The van der Waals surface area contributed by atoms with Gasteiger partial charge in [-0.1, -0.05) is 19.1 Å². The summed E-state index contributed by atoms with van der Waals surface area (Å²) < 4.78 is 0. The van der Waals surface area contributed by atoms with E-state index in [4.69, 9.17) is 5.84 Å². The maximum absolute atomic E-state index is 5.50. The molecule has 20 heavy (non-hydrogen) atoms. The Morgan fingerprint density at radius 2 is 2.10 bits per heavy atom. The van der Waals surface area contributed by atoms with Gasteiger partial charge < -0.3 is 4.90 Å². The third-order valence-electron chi connectivity index (χ3n) is 3.68.